The third kappa shape index (κ3) is 4.42. The number of benzene rings is 4. The lowest BCUT2D eigenvalue weighted by Crippen LogP contribution is -2.29. The molecule has 0 amide bonds. The Bertz CT molecular complexity index is 1080. The zero-order valence-corrected chi connectivity index (χ0v) is 17.8. The van der Waals surface area contributed by atoms with E-state index in [1.807, 2.05) is 30.5 Å². The Morgan fingerprint density at radius 3 is 1.61 bits per heavy atom. The van der Waals surface area contributed by atoms with E-state index in [4.69, 9.17) is 0 Å². The van der Waals surface area contributed by atoms with Crippen LogP contribution >= 0.6 is 7.26 Å². The van der Waals surface area contributed by atoms with E-state index >= 15 is 0 Å². The van der Waals surface area contributed by atoms with Crippen LogP contribution in [-0.4, -0.2) is 11.1 Å². The fourth-order valence-corrected chi connectivity index (χ4v) is 7.32. The van der Waals surface area contributed by atoms with E-state index in [9.17, 15) is 9.90 Å². The quantitative estimate of drug-likeness (QED) is 0.398. The predicted molar refractivity (Wildman–Crippen MR) is 131 cm³/mol. The van der Waals surface area contributed by atoms with Gasteiger partial charge >= 0.3 is 5.97 Å². The minimum Gasteiger partial charge on any atom is -0.478 e. The van der Waals surface area contributed by atoms with Crippen LogP contribution in [0.3, 0.4) is 0 Å². The Kier molecular flexibility index (Phi) is 6.26. The largest absolute Gasteiger partial charge is 0.478 e. The van der Waals surface area contributed by atoms with Crippen molar-refractivity contribution in [3.05, 3.63) is 133 Å². The van der Waals surface area contributed by atoms with Crippen molar-refractivity contribution >= 4 is 34.8 Å². The van der Waals surface area contributed by atoms with Gasteiger partial charge in [-0.2, -0.15) is 0 Å². The van der Waals surface area contributed by atoms with Gasteiger partial charge in [-0.15, -0.1) is 0 Å². The van der Waals surface area contributed by atoms with Gasteiger partial charge in [0.15, 0.2) is 0 Å². The van der Waals surface area contributed by atoms with Gasteiger partial charge in [0.05, 0.1) is 11.4 Å². The maximum absolute atomic E-state index is 11.3. The number of carboxylic acids is 1. The normalized spacial score (nSPS) is 11.4. The molecule has 152 valence electrons. The highest BCUT2D eigenvalue weighted by Crippen LogP contribution is 2.56. The number of nitrogens with one attached hydrogen (secondary N) is 1. The second-order valence-corrected chi connectivity index (χ2v) is 10.4. The van der Waals surface area contributed by atoms with E-state index in [1.54, 1.807) is 18.2 Å². The summed E-state index contributed by atoms with van der Waals surface area (Å²) in [7, 11) is -2.08. The van der Waals surface area contributed by atoms with Crippen molar-refractivity contribution in [2.24, 2.45) is 0 Å². The Labute approximate surface area is 183 Å². The van der Waals surface area contributed by atoms with E-state index in [-0.39, 0.29) is 5.56 Å². The van der Waals surface area contributed by atoms with Gasteiger partial charge in [-0.3, -0.25) is 0 Å². The second kappa shape index (κ2) is 9.42. The van der Waals surface area contributed by atoms with Crippen LogP contribution in [0, 0.1) is 0 Å². The molecular weight excluding hydrogens is 401 g/mol. The number of rotatable bonds is 7. The maximum atomic E-state index is 11.3. The Morgan fingerprint density at radius 1 is 0.677 bits per heavy atom. The Morgan fingerprint density at radius 2 is 1.16 bits per heavy atom. The van der Waals surface area contributed by atoms with Gasteiger partial charge in [-0.05, 0) is 54.6 Å². The summed E-state index contributed by atoms with van der Waals surface area (Å²) in [6.07, 6.45) is 1.95. The van der Waals surface area contributed by atoms with Crippen LogP contribution in [0.1, 0.15) is 10.4 Å². The maximum Gasteiger partial charge on any atom is 0.335 e. The van der Waals surface area contributed by atoms with Crippen molar-refractivity contribution in [3.8, 4) is 0 Å². The summed E-state index contributed by atoms with van der Waals surface area (Å²) in [5, 5.41) is 16.3. The van der Waals surface area contributed by atoms with Crippen molar-refractivity contribution in [2.45, 2.75) is 0 Å². The zero-order chi connectivity index (χ0) is 21.5. The summed E-state index contributed by atoms with van der Waals surface area (Å²) in [4.78, 5) is 11.3. The summed E-state index contributed by atoms with van der Waals surface area (Å²) in [6.45, 7) is 0. The summed E-state index contributed by atoms with van der Waals surface area (Å²) in [5.41, 5.74) is 0.997. The van der Waals surface area contributed by atoms with E-state index in [0.717, 1.165) is 5.69 Å². The average molecular weight is 424 g/mol. The van der Waals surface area contributed by atoms with Crippen LogP contribution in [0.5, 0.6) is 0 Å². The van der Waals surface area contributed by atoms with Crippen LogP contribution < -0.4 is 21.2 Å². The monoisotopic (exact) mass is 424 g/mol. The van der Waals surface area contributed by atoms with E-state index in [0.29, 0.717) is 0 Å². The molecule has 0 aliphatic heterocycles. The molecular formula is C27H23NO2P+. The van der Waals surface area contributed by atoms with E-state index < -0.39 is 13.2 Å². The number of carboxylic acid groups (broad SMARTS) is 1. The van der Waals surface area contributed by atoms with Gasteiger partial charge in [-0.25, -0.2) is 4.79 Å². The first-order valence-corrected chi connectivity index (χ1v) is 11.9. The van der Waals surface area contributed by atoms with Crippen LogP contribution in [0.2, 0.25) is 0 Å². The van der Waals surface area contributed by atoms with Gasteiger partial charge in [0.25, 0.3) is 0 Å². The highest BCUT2D eigenvalue weighted by atomic mass is 31.2. The first-order valence-electron chi connectivity index (χ1n) is 10.0. The lowest BCUT2D eigenvalue weighted by molar-refractivity contribution is 0.0697. The minimum absolute atomic E-state index is 0.258. The molecule has 4 aromatic rings. The van der Waals surface area contributed by atoms with Crippen molar-refractivity contribution in [3.63, 3.8) is 0 Å². The molecule has 31 heavy (non-hydrogen) atoms. The number of hydrogen-bond acceptors (Lipinski definition) is 2. The molecule has 0 unspecified atom stereocenters. The number of aromatic carboxylic acids is 1. The van der Waals surface area contributed by atoms with E-state index in [1.165, 1.54) is 15.9 Å². The van der Waals surface area contributed by atoms with Gasteiger partial charge in [0.1, 0.15) is 23.2 Å². The highest BCUT2D eigenvalue weighted by Gasteiger charge is 2.43. The average Bonchev–Trinajstić information content (AvgIpc) is 2.84. The minimum atomic E-state index is -2.08. The summed E-state index contributed by atoms with van der Waals surface area (Å²) in [6, 6.07) is 38.5. The first-order chi connectivity index (χ1) is 15.2. The SMILES string of the molecule is O=C(O)c1cccc(NC=C[P+](c2ccccc2)(c2ccccc2)c2ccccc2)c1. The number of hydrogen-bond donors (Lipinski definition) is 2. The summed E-state index contributed by atoms with van der Waals surface area (Å²) < 4.78 is 0. The van der Waals surface area contributed by atoms with Crippen molar-refractivity contribution in [2.75, 3.05) is 5.32 Å². The fourth-order valence-electron chi connectivity index (χ4n) is 3.68. The van der Waals surface area contributed by atoms with E-state index in [2.05, 4.69) is 83.9 Å². The molecule has 0 bridgehead atoms. The van der Waals surface area contributed by atoms with Gasteiger partial charge < -0.3 is 10.4 Å². The molecule has 0 aromatic heterocycles. The zero-order valence-electron chi connectivity index (χ0n) is 16.9. The molecule has 0 saturated carbocycles. The van der Waals surface area contributed by atoms with Crippen LogP contribution in [0.25, 0.3) is 0 Å². The second-order valence-electron chi connectivity index (χ2n) is 7.08. The third-order valence-corrected chi connectivity index (χ3v) is 9.08. The molecule has 0 heterocycles. The number of anilines is 1. The predicted octanol–water partition coefficient (Wildman–Crippen LogP) is 5.26. The topological polar surface area (TPSA) is 49.3 Å². The summed E-state index contributed by atoms with van der Waals surface area (Å²) in [5.74, 6) is 1.31. The lowest BCUT2D eigenvalue weighted by atomic mass is 10.2. The van der Waals surface area contributed by atoms with Crippen molar-refractivity contribution in [1.29, 1.82) is 0 Å². The highest BCUT2D eigenvalue weighted by molar-refractivity contribution is 7.98. The molecule has 0 aliphatic carbocycles. The summed E-state index contributed by atoms with van der Waals surface area (Å²) >= 11 is 0. The molecule has 3 nitrogen and oxygen atoms in total. The molecule has 0 radical (unpaired) electrons. The standard InChI is InChI=1S/C27H22NO2P/c29-27(30)22-11-10-12-23(21-22)28-19-20-31(24-13-4-1-5-14-24,25-15-6-2-7-16-25)26-17-8-3-9-18-26/h1-21,28H/p+1. The van der Waals surface area contributed by atoms with Gasteiger partial charge in [0.2, 0.25) is 0 Å². The molecule has 4 aromatic carbocycles. The Balaban J connectivity index is 1.83. The molecule has 0 fully saturated rings. The van der Waals surface area contributed by atoms with Crippen LogP contribution in [0.4, 0.5) is 5.69 Å². The molecule has 0 saturated heterocycles. The Hall–Kier alpha value is -3.68. The number of carbonyl (C=O) groups is 1. The molecule has 4 rings (SSSR count). The molecule has 0 aliphatic rings. The van der Waals surface area contributed by atoms with Crippen LogP contribution in [0.15, 0.2) is 127 Å². The van der Waals surface area contributed by atoms with Gasteiger partial charge in [0, 0.05) is 11.9 Å². The molecule has 0 spiro atoms. The smallest absolute Gasteiger partial charge is 0.335 e. The molecule has 0 atom stereocenters. The van der Waals surface area contributed by atoms with Crippen molar-refractivity contribution < 1.29 is 9.90 Å². The van der Waals surface area contributed by atoms with Crippen LogP contribution in [-0.2, 0) is 0 Å². The molecule has 2 N–H and O–H groups in total. The molecule has 4 heteroatoms. The lowest BCUT2D eigenvalue weighted by Gasteiger charge is -2.24. The first kappa shape index (κ1) is 20.6. The third-order valence-electron chi connectivity index (χ3n) is 5.15. The van der Waals surface area contributed by atoms with Crippen molar-refractivity contribution in [1.82, 2.24) is 0 Å². The van der Waals surface area contributed by atoms with Gasteiger partial charge in [-0.1, -0.05) is 60.7 Å². The fraction of sp³-hybridized carbons (Fsp3) is 0.